The Kier molecular flexibility index (Phi) is 8.01. The second-order valence-electron chi connectivity index (χ2n) is 5.81. The first kappa shape index (κ1) is 20.3. The number of rotatable bonds is 8. The van der Waals surface area contributed by atoms with Gasteiger partial charge in [-0.25, -0.2) is 0 Å². The third-order valence-electron chi connectivity index (χ3n) is 3.67. The molecule has 4 nitrogen and oxygen atoms in total. The number of benzene rings is 2. The summed E-state index contributed by atoms with van der Waals surface area (Å²) in [5.41, 5.74) is 1.36. The lowest BCUT2D eigenvalue weighted by Gasteiger charge is -2.16. The maximum Gasteiger partial charge on any atom is 0.237 e. The predicted molar refractivity (Wildman–Crippen MR) is 110 cm³/mol. The van der Waals surface area contributed by atoms with E-state index >= 15 is 0 Å². The second kappa shape index (κ2) is 10.2. The lowest BCUT2D eigenvalue weighted by molar-refractivity contribution is -0.116. The molecule has 0 aliphatic heterocycles. The number of thioether (sulfide) groups is 1. The molecule has 26 heavy (non-hydrogen) atoms. The second-order valence-corrected chi connectivity index (χ2v) is 7.49. The van der Waals surface area contributed by atoms with E-state index < -0.39 is 0 Å². The number of hydrogen-bond donors (Lipinski definition) is 2. The lowest BCUT2D eigenvalue weighted by atomic mass is 10.2. The molecule has 0 aromatic heterocycles. The number of carbonyl (C=O) groups is 2. The van der Waals surface area contributed by atoms with Crippen molar-refractivity contribution in [2.75, 3.05) is 10.6 Å². The quantitative estimate of drug-likeness (QED) is 0.578. The monoisotopic (exact) mass is 390 g/mol. The van der Waals surface area contributed by atoms with E-state index in [0.717, 1.165) is 17.0 Å². The molecular weight excluding hydrogens is 368 g/mol. The van der Waals surface area contributed by atoms with Gasteiger partial charge in [0, 0.05) is 17.0 Å². The van der Waals surface area contributed by atoms with E-state index in [0.29, 0.717) is 23.6 Å². The highest BCUT2D eigenvalue weighted by Crippen LogP contribution is 2.29. The minimum atomic E-state index is -0.257. The highest BCUT2D eigenvalue weighted by Gasteiger charge is 2.19. The van der Waals surface area contributed by atoms with Crippen LogP contribution in [-0.4, -0.2) is 17.1 Å². The van der Waals surface area contributed by atoms with Gasteiger partial charge >= 0.3 is 0 Å². The number of amides is 2. The number of nitrogens with one attached hydrogen (secondary N) is 2. The van der Waals surface area contributed by atoms with Gasteiger partial charge in [0.25, 0.3) is 0 Å². The highest BCUT2D eigenvalue weighted by atomic mass is 35.5. The minimum absolute atomic E-state index is 0.00171. The average molecular weight is 391 g/mol. The van der Waals surface area contributed by atoms with Crippen LogP contribution < -0.4 is 10.6 Å². The van der Waals surface area contributed by atoms with Crippen molar-refractivity contribution in [1.29, 1.82) is 0 Å². The van der Waals surface area contributed by atoms with Gasteiger partial charge in [-0.3, -0.25) is 9.59 Å². The van der Waals surface area contributed by atoms with Gasteiger partial charge in [-0.15, -0.1) is 11.8 Å². The fraction of sp³-hybridized carbons (Fsp3) is 0.300. The van der Waals surface area contributed by atoms with Crippen molar-refractivity contribution in [3.63, 3.8) is 0 Å². The molecule has 2 N–H and O–H groups in total. The van der Waals surface area contributed by atoms with Gasteiger partial charge < -0.3 is 10.6 Å². The van der Waals surface area contributed by atoms with Crippen molar-refractivity contribution in [3.8, 4) is 0 Å². The third kappa shape index (κ3) is 6.07. The Morgan fingerprint density at radius 2 is 1.85 bits per heavy atom. The van der Waals surface area contributed by atoms with Gasteiger partial charge in [0.05, 0.1) is 16.0 Å². The van der Waals surface area contributed by atoms with Gasteiger partial charge in [-0.05, 0) is 43.2 Å². The number of carbonyl (C=O) groups excluding carboxylic acids is 2. The summed E-state index contributed by atoms with van der Waals surface area (Å²) >= 11 is 7.58. The molecule has 0 heterocycles. The predicted octanol–water partition coefficient (Wildman–Crippen LogP) is 5.59. The molecular formula is C20H23ClN2O2S. The average Bonchev–Trinajstić information content (AvgIpc) is 2.62. The van der Waals surface area contributed by atoms with Crippen LogP contribution in [0.4, 0.5) is 11.4 Å². The smallest absolute Gasteiger partial charge is 0.237 e. The summed E-state index contributed by atoms with van der Waals surface area (Å²) in [4.78, 5) is 25.3. The molecule has 2 amide bonds. The molecule has 0 fully saturated rings. The molecule has 0 radical (unpaired) electrons. The van der Waals surface area contributed by atoms with Crippen LogP contribution in [0, 0.1) is 0 Å². The number of anilines is 2. The molecule has 138 valence electrons. The lowest BCUT2D eigenvalue weighted by Crippen LogP contribution is -2.24. The Balaban J connectivity index is 2.04. The molecule has 0 saturated heterocycles. The fourth-order valence-electron chi connectivity index (χ4n) is 2.36. The number of halogens is 1. The Labute approximate surface area is 163 Å². The Hall–Kier alpha value is -1.98. The van der Waals surface area contributed by atoms with E-state index in [1.54, 1.807) is 12.1 Å². The van der Waals surface area contributed by atoms with Crippen LogP contribution in [0.2, 0.25) is 5.02 Å². The van der Waals surface area contributed by atoms with Crippen molar-refractivity contribution >= 4 is 46.6 Å². The zero-order valence-electron chi connectivity index (χ0n) is 14.9. The zero-order valence-corrected chi connectivity index (χ0v) is 16.5. The Morgan fingerprint density at radius 3 is 2.54 bits per heavy atom. The fourth-order valence-corrected chi connectivity index (χ4v) is 3.56. The first-order valence-corrected chi connectivity index (χ1v) is 9.91. The highest BCUT2D eigenvalue weighted by molar-refractivity contribution is 8.00. The standard InChI is InChI=1S/C20H23ClN2O2S/c1-3-8-19(24)22-14-9-7-10-15(13-14)26-18(4-2)20(25)23-17-12-6-5-11-16(17)21/h5-7,9-13,18H,3-4,8H2,1-2H3,(H,22,24)(H,23,25). The molecule has 0 aliphatic rings. The van der Waals surface area contributed by atoms with Gasteiger partial charge in [-0.2, -0.15) is 0 Å². The van der Waals surface area contributed by atoms with Crippen LogP contribution in [0.1, 0.15) is 33.1 Å². The summed E-state index contributed by atoms with van der Waals surface area (Å²) in [5, 5.41) is 6.02. The molecule has 0 aliphatic carbocycles. The SMILES string of the molecule is CCCC(=O)Nc1cccc(SC(CC)C(=O)Nc2ccccc2Cl)c1. The molecule has 0 bridgehead atoms. The summed E-state index contributed by atoms with van der Waals surface area (Å²) in [7, 11) is 0. The number of hydrogen-bond acceptors (Lipinski definition) is 3. The zero-order chi connectivity index (χ0) is 18.9. The summed E-state index contributed by atoms with van der Waals surface area (Å²) in [6, 6.07) is 14.7. The normalized spacial score (nSPS) is 11.7. The van der Waals surface area contributed by atoms with Crippen molar-refractivity contribution in [1.82, 2.24) is 0 Å². The molecule has 0 spiro atoms. The van der Waals surface area contributed by atoms with Crippen LogP contribution in [0.25, 0.3) is 0 Å². The van der Waals surface area contributed by atoms with E-state index in [9.17, 15) is 9.59 Å². The van der Waals surface area contributed by atoms with Crippen molar-refractivity contribution in [2.45, 2.75) is 43.3 Å². The summed E-state index contributed by atoms with van der Waals surface area (Å²) in [6.07, 6.45) is 1.98. The van der Waals surface area contributed by atoms with Crippen molar-refractivity contribution < 1.29 is 9.59 Å². The van der Waals surface area contributed by atoms with Gasteiger partial charge in [0.1, 0.15) is 0 Å². The first-order chi connectivity index (χ1) is 12.5. The molecule has 2 aromatic carbocycles. The Bertz CT molecular complexity index is 767. The topological polar surface area (TPSA) is 58.2 Å². The van der Waals surface area contributed by atoms with Crippen LogP contribution in [0.3, 0.4) is 0 Å². The van der Waals surface area contributed by atoms with E-state index in [2.05, 4.69) is 10.6 Å². The van der Waals surface area contributed by atoms with Gasteiger partial charge in [-0.1, -0.05) is 43.6 Å². The van der Waals surface area contributed by atoms with Crippen molar-refractivity contribution in [3.05, 3.63) is 53.6 Å². The van der Waals surface area contributed by atoms with E-state index in [-0.39, 0.29) is 17.1 Å². The largest absolute Gasteiger partial charge is 0.326 e. The van der Waals surface area contributed by atoms with Crippen LogP contribution in [0.5, 0.6) is 0 Å². The van der Waals surface area contributed by atoms with Gasteiger partial charge in [0.2, 0.25) is 11.8 Å². The van der Waals surface area contributed by atoms with Crippen LogP contribution in [-0.2, 0) is 9.59 Å². The van der Waals surface area contributed by atoms with E-state index in [1.807, 2.05) is 50.2 Å². The van der Waals surface area contributed by atoms with E-state index in [1.165, 1.54) is 11.8 Å². The summed E-state index contributed by atoms with van der Waals surface area (Å²) in [6.45, 7) is 3.94. The van der Waals surface area contributed by atoms with E-state index in [4.69, 9.17) is 11.6 Å². The van der Waals surface area contributed by atoms with Crippen molar-refractivity contribution in [2.24, 2.45) is 0 Å². The number of para-hydroxylation sites is 1. The van der Waals surface area contributed by atoms with Crippen LogP contribution >= 0.6 is 23.4 Å². The summed E-state index contributed by atoms with van der Waals surface area (Å²) < 4.78 is 0. The van der Waals surface area contributed by atoms with Gasteiger partial charge in [0.15, 0.2) is 0 Å². The van der Waals surface area contributed by atoms with Crippen LogP contribution in [0.15, 0.2) is 53.4 Å². The third-order valence-corrected chi connectivity index (χ3v) is 5.36. The molecule has 2 rings (SSSR count). The first-order valence-electron chi connectivity index (χ1n) is 8.65. The molecule has 6 heteroatoms. The maximum atomic E-state index is 12.6. The maximum absolute atomic E-state index is 12.6. The molecule has 1 unspecified atom stereocenters. The summed E-state index contributed by atoms with van der Waals surface area (Å²) in [5.74, 6) is -0.0934. The minimum Gasteiger partial charge on any atom is -0.326 e. The molecule has 0 saturated carbocycles. The Morgan fingerprint density at radius 1 is 1.08 bits per heavy atom. The molecule has 2 aromatic rings. The molecule has 1 atom stereocenters.